The Balaban J connectivity index is 1.40. The van der Waals surface area contributed by atoms with Crippen LogP contribution in [0.25, 0.3) is 0 Å². The van der Waals surface area contributed by atoms with Crippen molar-refractivity contribution in [3.8, 4) is 0 Å². The number of carbonyl (C=O) groups excluding carboxylic acids is 4. The first kappa shape index (κ1) is 33.9. The number of aromatic carboxylic acids is 2. The zero-order chi connectivity index (χ0) is 35.9. The Hall–Kier alpha value is -7.48. The van der Waals surface area contributed by atoms with E-state index in [2.05, 4.69) is 21.3 Å². The smallest absolute Gasteiger partial charge is 0.335 e. The number of rotatable bonds is 10. The third kappa shape index (κ3) is 8.45. The molecular formula is C36H28N6O8. The van der Waals surface area contributed by atoms with Crippen molar-refractivity contribution in [3.05, 3.63) is 143 Å². The van der Waals surface area contributed by atoms with E-state index < -0.39 is 35.6 Å². The number of nitrogens with two attached hydrogens (primary N) is 2. The largest absolute Gasteiger partial charge is 0.478 e. The number of carboxylic acids is 2. The molecule has 0 aliphatic heterocycles. The highest BCUT2D eigenvalue weighted by atomic mass is 16.4. The fraction of sp³-hybridized carbons (Fsp3) is 0. The predicted molar refractivity (Wildman–Crippen MR) is 187 cm³/mol. The standard InChI is InChI=1S/C36H28N6O8/c37-25-4-1-6-27(16-25)39-31(43)19-10-20(32(44)40-28-7-2-5-26(38)17-28)12-21(11-19)33(45)41-29-8-3-9-30(18-29)42-34(46)22-13-23(35(47)48)15-24(14-22)36(49)50/h1-18H,37-38H2,(H,39,43)(H,40,44)(H,41,45)(H,42,46)(H,47,48)(H,49,50). The summed E-state index contributed by atoms with van der Waals surface area (Å²) in [6.07, 6.45) is 0. The molecule has 0 radical (unpaired) electrons. The Morgan fingerprint density at radius 1 is 0.380 bits per heavy atom. The van der Waals surface area contributed by atoms with Crippen LogP contribution in [0.2, 0.25) is 0 Å². The van der Waals surface area contributed by atoms with Crippen molar-refractivity contribution in [1.82, 2.24) is 0 Å². The molecule has 250 valence electrons. The van der Waals surface area contributed by atoms with Crippen molar-refractivity contribution in [3.63, 3.8) is 0 Å². The van der Waals surface area contributed by atoms with Gasteiger partial charge in [0, 0.05) is 56.4 Å². The molecule has 10 N–H and O–H groups in total. The molecule has 0 saturated heterocycles. The third-order valence-corrected chi connectivity index (χ3v) is 7.08. The summed E-state index contributed by atoms with van der Waals surface area (Å²) in [5.74, 6) is -5.57. The Morgan fingerprint density at radius 3 is 0.940 bits per heavy atom. The van der Waals surface area contributed by atoms with E-state index >= 15 is 0 Å². The number of anilines is 6. The SMILES string of the molecule is Nc1cccc(NC(=O)c2cc(C(=O)Nc3cccc(N)c3)cc(C(=O)Nc3cccc(NC(=O)c4cc(C(=O)O)cc(C(=O)O)c4)c3)c2)c1. The number of hydrogen-bond donors (Lipinski definition) is 8. The topological polar surface area (TPSA) is 243 Å². The van der Waals surface area contributed by atoms with Crippen molar-refractivity contribution in [2.24, 2.45) is 0 Å². The van der Waals surface area contributed by atoms with Crippen molar-refractivity contribution >= 4 is 69.7 Å². The lowest BCUT2D eigenvalue weighted by Crippen LogP contribution is -2.19. The minimum atomic E-state index is -1.41. The lowest BCUT2D eigenvalue weighted by molar-refractivity contribution is 0.0696. The van der Waals surface area contributed by atoms with E-state index in [0.717, 1.165) is 18.2 Å². The van der Waals surface area contributed by atoms with Gasteiger partial charge in [-0.15, -0.1) is 0 Å². The molecule has 0 fully saturated rings. The van der Waals surface area contributed by atoms with Crippen LogP contribution < -0.4 is 32.7 Å². The van der Waals surface area contributed by atoms with Gasteiger partial charge in [-0.1, -0.05) is 18.2 Å². The lowest BCUT2D eigenvalue weighted by atomic mass is 10.0. The van der Waals surface area contributed by atoms with E-state index in [4.69, 9.17) is 11.5 Å². The van der Waals surface area contributed by atoms with Gasteiger partial charge in [-0.3, -0.25) is 19.2 Å². The van der Waals surface area contributed by atoms with Crippen LogP contribution in [0.3, 0.4) is 0 Å². The Bertz CT molecular complexity index is 2090. The first-order valence-electron chi connectivity index (χ1n) is 14.7. The van der Waals surface area contributed by atoms with Gasteiger partial charge in [-0.25, -0.2) is 9.59 Å². The molecular weight excluding hydrogens is 644 g/mol. The quantitative estimate of drug-likeness (QED) is 0.0895. The Morgan fingerprint density at radius 2 is 0.640 bits per heavy atom. The second-order valence-corrected chi connectivity index (χ2v) is 10.9. The highest BCUT2D eigenvalue weighted by Crippen LogP contribution is 2.22. The van der Waals surface area contributed by atoms with Crippen LogP contribution >= 0.6 is 0 Å². The Labute approximate surface area is 283 Å². The number of nitrogen functional groups attached to an aromatic ring is 2. The fourth-order valence-corrected chi connectivity index (χ4v) is 4.75. The van der Waals surface area contributed by atoms with Crippen LogP contribution in [0, 0.1) is 0 Å². The number of nitrogens with one attached hydrogen (secondary N) is 4. The predicted octanol–water partition coefficient (Wildman–Crippen LogP) is 5.26. The minimum absolute atomic E-state index is 0.0110. The average Bonchev–Trinajstić information content (AvgIpc) is 3.08. The summed E-state index contributed by atoms with van der Waals surface area (Å²) >= 11 is 0. The van der Waals surface area contributed by atoms with Gasteiger partial charge >= 0.3 is 11.9 Å². The number of carboxylic acid groups (broad SMARTS) is 2. The summed E-state index contributed by atoms with van der Waals surface area (Å²) in [6.45, 7) is 0. The summed E-state index contributed by atoms with van der Waals surface area (Å²) in [5.41, 5.74) is 12.6. The lowest BCUT2D eigenvalue weighted by Gasteiger charge is -2.13. The van der Waals surface area contributed by atoms with E-state index in [9.17, 15) is 39.0 Å². The molecule has 0 bridgehead atoms. The second kappa shape index (κ2) is 14.5. The summed E-state index contributed by atoms with van der Waals surface area (Å²) < 4.78 is 0. The molecule has 5 aromatic carbocycles. The molecule has 0 aliphatic rings. The van der Waals surface area contributed by atoms with Crippen LogP contribution in [0.5, 0.6) is 0 Å². The van der Waals surface area contributed by atoms with E-state index in [1.54, 1.807) is 48.5 Å². The summed E-state index contributed by atoms with van der Waals surface area (Å²) in [7, 11) is 0. The first-order valence-corrected chi connectivity index (χ1v) is 14.7. The van der Waals surface area contributed by atoms with Gasteiger partial charge in [0.15, 0.2) is 0 Å². The third-order valence-electron chi connectivity index (χ3n) is 7.08. The van der Waals surface area contributed by atoms with Gasteiger partial charge < -0.3 is 42.9 Å². The second-order valence-electron chi connectivity index (χ2n) is 10.9. The highest BCUT2D eigenvalue weighted by Gasteiger charge is 2.19. The van der Waals surface area contributed by atoms with E-state index in [1.165, 1.54) is 42.5 Å². The zero-order valence-corrected chi connectivity index (χ0v) is 25.9. The van der Waals surface area contributed by atoms with E-state index in [-0.39, 0.29) is 44.8 Å². The highest BCUT2D eigenvalue weighted by molar-refractivity contribution is 6.13. The molecule has 5 rings (SSSR count). The van der Waals surface area contributed by atoms with E-state index in [1.807, 2.05) is 0 Å². The maximum Gasteiger partial charge on any atom is 0.335 e. The molecule has 0 atom stereocenters. The van der Waals surface area contributed by atoms with Crippen LogP contribution in [0.1, 0.15) is 62.1 Å². The van der Waals surface area contributed by atoms with Crippen molar-refractivity contribution in [1.29, 1.82) is 0 Å². The molecule has 0 aromatic heterocycles. The molecule has 0 heterocycles. The monoisotopic (exact) mass is 672 g/mol. The molecule has 0 aliphatic carbocycles. The molecule has 50 heavy (non-hydrogen) atoms. The van der Waals surface area contributed by atoms with Gasteiger partial charge in [0.05, 0.1) is 11.1 Å². The summed E-state index contributed by atoms with van der Waals surface area (Å²) in [6, 6.07) is 25.8. The van der Waals surface area contributed by atoms with Gasteiger partial charge in [0.25, 0.3) is 23.6 Å². The molecule has 0 spiro atoms. The van der Waals surface area contributed by atoms with E-state index in [0.29, 0.717) is 22.7 Å². The molecule has 14 nitrogen and oxygen atoms in total. The van der Waals surface area contributed by atoms with Gasteiger partial charge in [0.2, 0.25) is 0 Å². The number of hydrogen-bond acceptors (Lipinski definition) is 8. The van der Waals surface area contributed by atoms with Crippen molar-refractivity contribution < 1.29 is 39.0 Å². The van der Waals surface area contributed by atoms with Crippen LogP contribution in [-0.2, 0) is 0 Å². The summed E-state index contributed by atoms with van der Waals surface area (Å²) in [5, 5.41) is 29.3. The van der Waals surface area contributed by atoms with Crippen molar-refractivity contribution in [2.75, 3.05) is 32.7 Å². The normalized spacial score (nSPS) is 10.4. The summed E-state index contributed by atoms with van der Waals surface area (Å²) in [4.78, 5) is 75.9. The van der Waals surface area contributed by atoms with Crippen LogP contribution in [0.4, 0.5) is 34.1 Å². The van der Waals surface area contributed by atoms with Gasteiger partial charge in [-0.2, -0.15) is 0 Å². The number of amides is 4. The zero-order valence-electron chi connectivity index (χ0n) is 25.9. The number of benzene rings is 5. The number of carbonyl (C=O) groups is 6. The molecule has 14 heteroatoms. The molecule has 0 saturated carbocycles. The fourth-order valence-electron chi connectivity index (χ4n) is 4.75. The van der Waals surface area contributed by atoms with Crippen LogP contribution in [0.15, 0.2) is 109 Å². The first-order chi connectivity index (χ1) is 23.8. The maximum atomic E-state index is 13.5. The molecule has 0 unspecified atom stereocenters. The molecule has 4 amide bonds. The maximum absolute atomic E-state index is 13.5. The van der Waals surface area contributed by atoms with Crippen LogP contribution in [-0.4, -0.2) is 45.8 Å². The van der Waals surface area contributed by atoms with Gasteiger partial charge in [0.1, 0.15) is 0 Å². The average molecular weight is 673 g/mol. The Kier molecular flexibility index (Phi) is 9.84. The van der Waals surface area contributed by atoms with Gasteiger partial charge in [-0.05, 0) is 91.0 Å². The van der Waals surface area contributed by atoms with Crippen molar-refractivity contribution in [2.45, 2.75) is 0 Å². The minimum Gasteiger partial charge on any atom is -0.478 e. The molecule has 5 aromatic rings.